The summed E-state index contributed by atoms with van der Waals surface area (Å²) in [5.74, 6) is -1.65. The summed E-state index contributed by atoms with van der Waals surface area (Å²) in [5, 5.41) is 5.08. The minimum absolute atomic E-state index is 0.135. The molecule has 19 heavy (non-hydrogen) atoms. The first-order valence-electron chi connectivity index (χ1n) is 6.09. The first-order chi connectivity index (χ1) is 8.95. The van der Waals surface area contributed by atoms with Crippen molar-refractivity contribution in [2.45, 2.75) is 26.3 Å². The van der Waals surface area contributed by atoms with Crippen LogP contribution in [0.25, 0.3) is 0 Å². The lowest BCUT2D eigenvalue weighted by Crippen LogP contribution is -2.45. The Bertz CT molecular complexity index is 477. The fraction of sp³-hybridized carbons (Fsp3) is 0.385. The molecule has 2 amide bonds. The van der Waals surface area contributed by atoms with Crippen LogP contribution >= 0.6 is 0 Å². The molecule has 1 rings (SSSR count). The molecule has 1 atom stereocenters. The van der Waals surface area contributed by atoms with Crippen LogP contribution in [0.5, 0.6) is 0 Å². The van der Waals surface area contributed by atoms with E-state index in [4.69, 9.17) is 5.73 Å². The summed E-state index contributed by atoms with van der Waals surface area (Å²) in [6.07, 6.45) is 0.805. The van der Waals surface area contributed by atoms with Crippen molar-refractivity contribution in [2.75, 3.05) is 12.3 Å². The van der Waals surface area contributed by atoms with Crippen molar-refractivity contribution in [2.24, 2.45) is 0 Å². The van der Waals surface area contributed by atoms with Crippen LogP contribution in [0.2, 0.25) is 0 Å². The molecule has 1 aromatic carbocycles. The Balaban J connectivity index is 2.66. The highest BCUT2D eigenvalue weighted by Crippen LogP contribution is 2.11. The molecule has 0 fully saturated rings. The Labute approximate surface area is 111 Å². The summed E-state index contributed by atoms with van der Waals surface area (Å²) >= 11 is 0. The van der Waals surface area contributed by atoms with Crippen LogP contribution in [0, 0.1) is 5.82 Å². The molecule has 0 aromatic heterocycles. The van der Waals surface area contributed by atoms with Gasteiger partial charge in [0.15, 0.2) is 0 Å². The highest BCUT2D eigenvalue weighted by molar-refractivity contribution is 5.97. The summed E-state index contributed by atoms with van der Waals surface area (Å²) in [4.78, 5) is 23.4. The number of nitrogens with one attached hydrogen (secondary N) is 2. The molecule has 0 radical (unpaired) electrons. The number of rotatable bonds is 5. The Morgan fingerprint density at radius 1 is 1.42 bits per heavy atom. The average Bonchev–Trinajstić information content (AvgIpc) is 2.35. The topological polar surface area (TPSA) is 84.2 Å². The Morgan fingerprint density at radius 2 is 2.11 bits per heavy atom. The molecule has 0 spiro atoms. The summed E-state index contributed by atoms with van der Waals surface area (Å²) in [5.41, 5.74) is 5.50. The van der Waals surface area contributed by atoms with Crippen LogP contribution in [0.15, 0.2) is 18.2 Å². The molecule has 1 aromatic rings. The maximum Gasteiger partial charge on any atom is 0.254 e. The number of nitrogen functional groups attached to an aromatic ring is 1. The quantitative estimate of drug-likeness (QED) is 0.697. The van der Waals surface area contributed by atoms with E-state index in [2.05, 4.69) is 10.6 Å². The number of amides is 2. The molecular weight excluding hydrogens is 249 g/mol. The van der Waals surface area contributed by atoms with Gasteiger partial charge in [-0.25, -0.2) is 4.39 Å². The minimum atomic E-state index is -0.726. The van der Waals surface area contributed by atoms with E-state index in [0.29, 0.717) is 6.54 Å². The lowest BCUT2D eigenvalue weighted by molar-refractivity contribution is -0.122. The van der Waals surface area contributed by atoms with Gasteiger partial charge in [0.25, 0.3) is 5.91 Å². The Hall–Kier alpha value is -2.11. The fourth-order valence-electron chi connectivity index (χ4n) is 1.46. The second kappa shape index (κ2) is 6.72. The molecule has 0 heterocycles. The second-order valence-electron chi connectivity index (χ2n) is 4.23. The highest BCUT2D eigenvalue weighted by Gasteiger charge is 2.18. The van der Waals surface area contributed by atoms with E-state index in [1.165, 1.54) is 19.1 Å². The van der Waals surface area contributed by atoms with E-state index in [1.54, 1.807) is 0 Å². The van der Waals surface area contributed by atoms with Gasteiger partial charge in [-0.3, -0.25) is 9.59 Å². The minimum Gasteiger partial charge on any atom is -0.399 e. The lowest BCUT2D eigenvalue weighted by atomic mass is 10.1. The van der Waals surface area contributed by atoms with Gasteiger partial charge in [0.2, 0.25) is 5.91 Å². The van der Waals surface area contributed by atoms with Crippen molar-refractivity contribution >= 4 is 17.5 Å². The van der Waals surface area contributed by atoms with E-state index >= 15 is 0 Å². The third kappa shape index (κ3) is 4.24. The number of benzene rings is 1. The molecule has 1 unspecified atom stereocenters. The van der Waals surface area contributed by atoms with E-state index in [9.17, 15) is 14.0 Å². The first-order valence-corrected chi connectivity index (χ1v) is 6.09. The monoisotopic (exact) mass is 267 g/mol. The number of hydrogen-bond donors (Lipinski definition) is 3. The highest BCUT2D eigenvalue weighted by atomic mass is 19.1. The van der Waals surface area contributed by atoms with Crippen LogP contribution in [-0.2, 0) is 4.79 Å². The van der Waals surface area contributed by atoms with Crippen LogP contribution in [0.3, 0.4) is 0 Å². The van der Waals surface area contributed by atoms with Crippen molar-refractivity contribution in [3.63, 3.8) is 0 Å². The standard InChI is InChI=1S/C13H18FN3O2/c1-3-6-16-12(18)8(2)17-13(19)10-5-4-9(15)7-11(10)14/h4-5,7-8H,3,6,15H2,1-2H3,(H,16,18)(H,17,19). The molecule has 0 aliphatic carbocycles. The number of carbonyl (C=O) groups excluding carboxylic acids is 2. The second-order valence-corrected chi connectivity index (χ2v) is 4.23. The number of halogens is 1. The number of anilines is 1. The van der Waals surface area contributed by atoms with Gasteiger partial charge in [0.05, 0.1) is 5.56 Å². The van der Waals surface area contributed by atoms with Gasteiger partial charge in [0, 0.05) is 12.2 Å². The zero-order valence-corrected chi connectivity index (χ0v) is 11.0. The molecule has 0 saturated heterocycles. The third-order valence-corrected chi connectivity index (χ3v) is 2.53. The zero-order valence-electron chi connectivity index (χ0n) is 11.0. The van der Waals surface area contributed by atoms with E-state index in [-0.39, 0.29) is 17.2 Å². The molecule has 0 bridgehead atoms. The molecule has 5 nitrogen and oxygen atoms in total. The number of nitrogens with two attached hydrogens (primary N) is 1. The predicted octanol–water partition coefficient (Wildman–Crippen LogP) is 1.05. The Morgan fingerprint density at radius 3 is 2.68 bits per heavy atom. The van der Waals surface area contributed by atoms with Gasteiger partial charge in [-0.15, -0.1) is 0 Å². The molecule has 0 aliphatic heterocycles. The third-order valence-electron chi connectivity index (χ3n) is 2.53. The molecular formula is C13H18FN3O2. The number of carbonyl (C=O) groups is 2. The lowest BCUT2D eigenvalue weighted by Gasteiger charge is -2.14. The van der Waals surface area contributed by atoms with Gasteiger partial charge in [-0.05, 0) is 31.5 Å². The van der Waals surface area contributed by atoms with Gasteiger partial charge in [0.1, 0.15) is 11.9 Å². The van der Waals surface area contributed by atoms with Crippen molar-refractivity contribution in [3.8, 4) is 0 Å². The summed E-state index contributed by atoms with van der Waals surface area (Å²) < 4.78 is 13.5. The molecule has 4 N–H and O–H groups in total. The SMILES string of the molecule is CCCNC(=O)C(C)NC(=O)c1ccc(N)cc1F. The normalized spacial score (nSPS) is 11.7. The molecule has 0 aliphatic rings. The van der Waals surface area contributed by atoms with Crippen molar-refractivity contribution < 1.29 is 14.0 Å². The van der Waals surface area contributed by atoms with Gasteiger partial charge >= 0.3 is 0 Å². The maximum absolute atomic E-state index is 13.5. The van der Waals surface area contributed by atoms with Crippen molar-refractivity contribution in [1.82, 2.24) is 10.6 Å². The van der Waals surface area contributed by atoms with E-state index in [1.807, 2.05) is 6.92 Å². The number of hydrogen-bond acceptors (Lipinski definition) is 3. The zero-order chi connectivity index (χ0) is 14.4. The van der Waals surface area contributed by atoms with Crippen LogP contribution < -0.4 is 16.4 Å². The summed E-state index contributed by atoms with van der Waals surface area (Å²) in [6.45, 7) is 4.00. The van der Waals surface area contributed by atoms with E-state index in [0.717, 1.165) is 12.5 Å². The molecule has 6 heteroatoms. The largest absolute Gasteiger partial charge is 0.399 e. The van der Waals surface area contributed by atoms with Crippen molar-refractivity contribution in [3.05, 3.63) is 29.6 Å². The maximum atomic E-state index is 13.5. The van der Waals surface area contributed by atoms with Gasteiger partial charge in [-0.2, -0.15) is 0 Å². The summed E-state index contributed by atoms with van der Waals surface area (Å²) in [7, 11) is 0. The smallest absolute Gasteiger partial charge is 0.254 e. The predicted molar refractivity (Wildman–Crippen MR) is 71.0 cm³/mol. The fourth-order valence-corrected chi connectivity index (χ4v) is 1.46. The molecule has 104 valence electrons. The first kappa shape index (κ1) is 14.9. The average molecular weight is 267 g/mol. The van der Waals surface area contributed by atoms with E-state index < -0.39 is 17.8 Å². The molecule has 0 saturated carbocycles. The van der Waals surface area contributed by atoms with Gasteiger partial charge < -0.3 is 16.4 Å². The Kier molecular flexibility index (Phi) is 5.29. The van der Waals surface area contributed by atoms with Crippen molar-refractivity contribution in [1.29, 1.82) is 0 Å². The van der Waals surface area contributed by atoms with Crippen LogP contribution in [-0.4, -0.2) is 24.4 Å². The van der Waals surface area contributed by atoms with Crippen LogP contribution in [0.1, 0.15) is 30.6 Å². The van der Waals surface area contributed by atoms with Crippen LogP contribution in [0.4, 0.5) is 10.1 Å². The van der Waals surface area contributed by atoms with Gasteiger partial charge in [-0.1, -0.05) is 6.92 Å². The summed E-state index contributed by atoms with van der Waals surface area (Å²) in [6, 6.07) is 3.06.